The van der Waals surface area contributed by atoms with Crippen LogP contribution in [-0.4, -0.2) is 23.4 Å². The van der Waals surface area contributed by atoms with Crippen LogP contribution >= 0.6 is 11.6 Å². The predicted octanol–water partition coefficient (Wildman–Crippen LogP) is 1.63. The van der Waals surface area contributed by atoms with E-state index in [1.807, 2.05) is 13.8 Å². The van der Waals surface area contributed by atoms with E-state index in [0.29, 0.717) is 5.92 Å². The standard InChI is InChI=1S/C10H17ClN2O2/c1-10(2,7-3-4-7)13-9(15)12-8(14)5-6-11/h7H,3-6H2,1-2H3,(H2,12,13,14,15). The second-order valence-electron chi connectivity index (χ2n) is 4.44. The summed E-state index contributed by atoms with van der Waals surface area (Å²) in [6.45, 7) is 3.94. The van der Waals surface area contributed by atoms with E-state index in [1.54, 1.807) is 0 Å². The smallest absolute Gasteiger partial charge is 0.321 e. The summed E-state index contributed by atoms with van der Waals surface area (Å²) in [7, 11) is 0. The molecule has 0 atom stereocenters. The van der Waals surface area contributed by atoms with Gasteiger partial charge in [-0.1, -0.05) is 0 Å². The summed E-state index contributed by atoms with van der Waals surface area (Å²) in [6, 6.07) is -0.429. The van der Waals surface area contributed by atoms with Crippen LogP contribution in [0.1, 0.15) is 33.1 Å². The Bertz CT molecular complexity index is 262. The van der Waals surface area contributed by atoms with Crippen molar-refractivity contribution in [3.05, 3.63) is 0 Å². The number of carbonyl (C=O) groups excluding carboxylic acids is 2. The van der Waals surface area contributed by atoms with E-state index in [1.165, 1.54) is 0 Å². The van der Waals surface area contributed by atoms with Gasteiger partial charge in [0.15, 0.2) is 0 Å². The number of hydrogen-bond acceptors (Lipinski definition) is 2. The maximum atomic E-state index is 11.4. The van der Waals surface area contributed by atoms with Gasteiger partial charge in [0, 0.05) is 17.8 Å². The summed E-state index contributed by atoms with van der Waals surface area (Å²) in [5, 5.41) is 5.04. The first-order valence-corrected chi connectivity index (χ1v) is 5.67. The van der Waals surface area contributed by atoms with Gasteiger partial charge in [-0.05, 0) is 32.6 Å². The molecule has 3 amide bonds. The summed E-state index contributed by atoms with van der Waals surface area (Å²) in [5.74, 6) is 0.422. The number of hydrogen-bond donors (Lipinski definition) is 2. The summed E-state index contributed by atoms with van der Waals surface area (Å²) in [5.41, 5.74) is -0.231. The molecule has 1 fully saturated rings. The number of halogens is 1. The lowest BCUT2D eigenvalue weighted by molar-refractivity contribution is -0.119. The minimum absolute atomic E-state index is 0.166. The summed E-state index contributed by atoms with van der Waals surface area (Å²) in [6.07, 6.45) is 2.45. The van der Waals surface area contributed by atoms with Gasteiger partial charge in [-0.25, -0.2) is 4.79 Å². The van der Waals surface area contributed by atoms with Gasteiger partial charge >= 0.3 is 6.03 Å². The number of rotatable bonds is 4. The Morgan fingerprint density at radius 2 is 2.00 bits per heavy atom. The number of alkyl halides is 1. The quantitative estimate of drug-likeness (QED) is 0.724. The third-order valence-corrected chi connectivity index (χ3v) is 2.80. The van der Waals surface area contributed by atoms with Crippen molar-refractivity contribution in [3.63, 3.8) is 0 Å². The Morgan fingerprint density at radius 1 is 1.40 bits per heavy atom. The number of imide groups is 1. The Labute approximate surface area is 94.7 Å². The van der Waals surface area contributed by atoms with Crippen LogP contribution in [0.25, 0.3) is 0 Å². The van der Waals surface area contributed by atoms with Crippen molar-refractivity contribution in [1.82, 2.24) is 10.6 Å². The molecule has 0 spiro atoms. The van der Waals surface area contributed by atoms with Gasteiger partial charge in [0.2, 0.25) is 5.91 Å². The molecular weight excluding hydrogens is 216 g/mol. The lowest BCUT2D eigenvalue weighted by Crippen LogP contribution is -2.51. The zero-order valence-corrected chi connectivity index (χ0v) is 9.86. The van der Waals surface area contributed by atoms with Crippen LogP contribution in [0, 0.1) is 5.92 Å². The van der Waals surface area contributed by atoms with Crippen molar-refractivity contribution in [2.75, 3.05) is 5.88 Å². The zero-order chi connectivity index (χ0) is 11.5. The molecule has 0 aromatic carbocycles. The zero-order valence-electron chi connectivity index (χ0n) is 9.10. The van der Waals surface area contributed by atoms with E-state index in [9.17, 15) is 9.59 Å². The van der Waals surface area contributed by atoms with Crippen LogP contribution < -0.4 is 10.6 Å². The highest BCUT2D eigenvalue weighted by atomic mass is 35.5. The molecule has 0 radical (unpaired) electrons. The van der Waals surface area contributed by atoms with Crippen LogP contribution in [-0.2, 0) is 4.79 Å². The van der Waals surface area contributed by atoms with E-state index in [2.05, 4.69) is 10.6 Å². The topological polar surface area (TPSA) is 58.2 Å². The highest BCUT2D eigenvalue weighted by molar-refractivity contribution is 6.19. The molecule has 0 bridgehead atoms. The highest BCUT2D eigenvalue weighted by Crippen LogP contribution is 2.38. The third kappa shape index (κ3) is 4.08. The molecule has 1 saturated carbocycles. The second kappa shape index (κ2) is 4.84. The number of amides is 3. The summed E-state index contributed by atoms with van der Waals surface area (Å²) >= 11 is 5.38. The molecule has 0 heterocycles. The molecule has 5 heteroatoms. The summed E-state index contributed by atoms with van der Waals surface area (Å²) < 4.78 is 0. The van der Waals surface area contributed by atoms with E-state index >= 15 is 0 Å². The Morgan fingerprint density at radius 3 is 2.47 bits per heavy atom. The van der Waals surface area contributed by atoms with Gasteiger partial charge < -0.3 is 5.32 Å². The number of urea groups is 1. The first-order valence-electron chi connectivity index (χ1n) is 5.13. The van der Waals surface area contributed by atoms with E-state index < -0.39 is 6.03 Å². The molecule has 0 aliphatic heterocycles. The van der Waals surface area contributed by atoms with E-state index in [-0.39, 0.29) is 23.7 Å². The molecule has 86 valence electrons. The van der Waals surface area contributed by atoms with Gasteiger partial charge in [-0.15, -0.1) is 11.6 Å². The number of carbonyl (C=O) groups is 2. The lowest BCUT2D eigenvalue weighted by Gasteiger charge is -2.25. The van der Waals surface area contributed by atoms with Crippen LogP contribution in [0.15, 0.2) is 0 Å². The molecular formula is C10H17ClN2O2. The maximum absolute atomic E-state index is 11.4. The molecule has 0 saturated heterocycles. The fraction of sp³-hybridized carbons (Fsp3) is 0.800. The lowest BCUT2D eigenvalue weighted by atomic mass is 9.99. The van der Waals surface area contributed by atoms with Crippen molar-refractivity contribution in [1.29, 1.82) is 0 Å². The van der Waals surface area contributed by atoms with Crippen molar-refractivity contribution < 1.29 is 9.59 Å². The second-order valence-corrected chi connectivity index (χ2v) is 4.82. The van der Waals surface area contributed by atoms with E-state index in [0.717, 1.165) is 12.8 Å². The predicted molar refractivity (Wildman–Crippen MR) is 58.8 cm³/mol. The Balaban J connectivity index is 2.31. The number of nitrogens with one attached hydrogen (secondary N) is 2. The first-order chi connectivity index (χ1) is 6.95. The molecule has 15 heavy (non-hydrogen) atoms. The monoisotopic (exact) mass is 232 g/mol. The molecule has 2 N–H and O–H groups in total. The molecule has 0 aromatic rings. The summed E-state index contributed by atoms with van der Waals surface area (Å²) in [4.78, 5) is 22.5. The normalized spacial score (nSPS) is 15.9. The van der Waals surface area contributed by atoms with Gasteiger partial charge in [0.25, 0.3) is 0 Å². The molecule has 1 aliphatic carbocycles. The van der Waals surface area contributed by atoms with Crippen molar-refractivity contribution in [2.45, 2.75) is 38.6 Å². The van der Waals surface area contributed by atoms with Crippen molar-refractivity contribution in [3.8, 4) is 0 Å². The molecule has 4 nitrogen and oxygen atoms in total. The van der Waals surface area contributed by atoms with Gasteiger partial charge in [-0.3, -0.25) is 10.1 Å². The Kier molecular flexibility index (Phi) is 3.97. The average molecular weight is 233 g/mol. The van der Waals surface area contributed by atoms with Crippen molar-refractivity contribution >= 4 is 23.5 Å². The highest BCUT2D eigenvalue weighted by Gasteiger charge is 2.38. The van der Waals surface area contributed by atoms with Crippen LogP contribution in [0.3, 0.4) is 0 Å². The third-order valence-electron chi connectivity index (χ3n) is 2.61. The fourth-order valence-corrected chi connectivity index (χ4v) is 1.68. The maximum Gasteiger partial charge on any atom is 0.321 e. The van der Waals surface area contributed by atoms with Gasteiger partial charge in [0.05, 0.1) is 0 Å². The van der Waals surface area contributed by atoms with E-state index in [4.69, 9.17) is 11.6 Å². The molecule has 1 rings (SSSR count). The molecule has 1 aliphatic rings. The van der Waals surface area contributed by atoms with Crippen LogP contribution in [0.2, 0.25) is 0 Å². The first kappa shape index (κ1) is 12.3. The minimum Gasteiger partial charge on any atom is -0.333 e. The van der Waals surface area contributed by atoms with Gasteiger partial charge in [-0.2, -0.15) is 0 Å². The Hall–Kier alpha value is -0.770. The fourth-order valence-electron chi connectivity index (χ4n) is 1.51. The average Bonchev–Trinajstić information content (AvgIpc) is 2.83. The van der Waals surface area contributed by atoms with Crippen LogP contribution in [0.5, 0.6) is 0 Å². The largest absolute Gasteiger partial charge is 0.333 e. The molecule has 0 aromatic heterocycles. The van der Waals surface area contributed by atoms with Gasteiger partial charge in [0.1, 0.15) is 0 Å². The SMILES string of the molecule is CC(C)(NC(=O)NC(=O)CCCl)C1CC1. The van der Waals surface area contributed by atoms with Crippen molar-refractivity contribution in [2.24, 2.45) is 5.92 Å². The molecule has 0 unspecified atom stereocenters. The minimum atomic E-state index is -0.429. The van der Waals surface area contributed by atoms with Crippen LogP contribution in [0.4, 0.5) is 4.79 Å².